The summed E-state index contributed by atoms with van der Waals surface area (Å²) in [5, 5.41) is 46.0. The third-order valence-electron chi connectivity index (χ3n) is 9.75. The Hall–Kier alpha value is -4.03. The molecule has 4 atom stereocenters. The van der Waals surface area contributed by atoms with E-state index in [1.807, 2.05) is 48.5 Å². The Balaban J connectivity index is 1.41. The normalized spacial score (nSPS) is 21.2. The van der Waals surface area contributed by atoms with E-state index in [1.54, 1.807) is 0 Å². The van der Waals surface area contributed by atoms with E-state index in [1.165, 1.54) is 17.8 Å². The molecule has 0 unspecified atom stereocenters. The molecular formula is C36H48N6O6Si. The summed E-state index contributed by atoms with van der Waals surface area (Å²) in [6, 6.07) is 18.2. The minimum atomic E-state index is -1.84. The Morgan fingerprint density at radius 2 is 1.84 bits per heavy atom. The van der Waals surface area contributed by atoms with Crippen LogP contribution in [0, 0.1) is 11.3 Å². The number of unbranched alkanes of at least 4 members (excludes halogenated alkanes) is 1. The highest BCUT2D eigenvalue weighted by atomic mass is 28.4. The second-order valence-electron chi connectivity index (χ2n) is 14.3. The summed E-state index contributed by atoms with van der Waals surface area (Å²) in [6.45, 7) is 13.6. The number of nitriles is 1. The van der Waals surface area contributed by atoms with Gasteiger partial charge in [-0.25, -0.2) is 9.97 Å². The molecule has 13 heteroatoms. The summed E-state index contributed by atoms with van der Waals surface area (Å²) in [6.07, 6.45) is -0.683. The highest BCUT2D eigenvalue weighted by Crippen LogP contribution is 2.44. The van der Waals surface area contributed by atoms with Gasteiger partial charge in [-0.2, -0.15) is 5.26 Å². The number of nitrogens with two attached hydrogens (primary N) is 1. The van der Waals surface area contributed by atoms with Crippen molar-refractivity contribution in [2.24, 2.45) is 0 Å². The van der Waals surface area contributed by atoms with Crippen molar-refractivity contribution in [3.63, 3.8) is 0 Å². The Kier molecular flexibility index (Phi) is 10.7. The SMILES string of the molecule is CC(C)(C)[Si](C)(C)OCCCCOc1cc(CNc2c(C#N)c3c(N)ncnc3n2[C@@H]2O[C@H](CO)[C@@H](O)[C@]2(C)O)ccc1-c1ccccc1. The number of fused-ring (bicyclic) bond motifs is 1. The zero-order chi connectivity index (χ0) is 35.6. The molecule has 49 heavy (non-hydrogen) atoms. The molecule has 0 aliphatic carbocycles. The Morgan fingerprint density at radius 3 is 2.49 bits per heavy atom. The number of nitrogen functional groups attached to an aromatic ring is 1. The predicted octanol–water partition coefficient (Wildman–Crippen LogP) is 5.35. The quantitative estimate of drug-likeness (QED) is 0.0903. The van der Waals surface area contributed by atoms with Crippen LogP contribution in [0.2, 0.25) is 18.1 Å². The molecule has 2 aromatic heterocycles. The summed E-state index contributed by atoms with van der Waals surface area (Å²) in [4.78, 5) is 8.45. The molecular weight excluding hydrogens is 641 g/mol. The lowest BCUT2D eigenvalue weighted by Gasteiger charge is -2.36. The fourth-order valence-electron chi connectivity index (χ4n) is 5.80. The molecule has 2 aromatic carbocycles. The van der Waals surface area contributed by atoms with Crippen molar-refractivity contribution in [2.75, 3.05) is 30.9 Å². The lowest BCUT2D eigenvalue weighted by molar-refractivity contribution is -0.0939. The summed E-state index contributed by atoms with van der Waals surface area (Å²) < 4.78 is 20.2. The fraction of sp³-hybridized carbons (Fsp3) is 0.472. The molecule has 1 fully saturated rings. The van der Waals surface area contributed by atoms with Crippen LogP contribution in [0.15, 0.2) is 54.9 Å². The zero-order valence-electron chi connectivity index (χ0n) is 29.1. The van der Waals surface area contributed by atoms with Crippen LogP contribution in [-0.4, -0.2) is 75.8 Å². The van der Waals surface area contributed by atoms with Gasteiger partial charge in [0.25, 0.3) is 0 Å². The van der Waals surface area contributed by atoms with E-state index in [0.717, 1.165) is 35.3 Å². The van der Waals surface area contributed by atoms with Crippen molar-refractivity contribution in [1.29, 1.82) is 5.26 Å². The second kappa shape index (κ2) is 14.4. The minimum Gasteiger partial charge on any atom is -0.493 e. The number of anilines is 2. The van der Waals surface area contributed by atoms with Crippen molar-refractivity contribution < 1.29 is 29.2 Å². The molecule has 1 aliphatic rings. The molecule has 0 amide bonds. The van der Waals surface area contributed by atoms with E-state index in [0.29, 0.717) is 13.2 Å². The van der Waals surface area contributed by atoms with Gasteiger partial charge in [0.2, 0.25) is 0 Å². The number of aromatic nitrogens is 3. The average molecular weight is 689 g/mol. The summed E-state index contributed by atoms with van der Waals surface area (Å²) in [5.41, 5.74) is 7.62. The van der Waals surface area contributed by atoms with Gasteiger partial charge in [-0.1, -0.05) is 63.2 Å². The molecule has 1 saturated heterocycles. The Bertz CT molecular complexity index is 1800. The Morgan fingerprint density at radius 1 is 1.12 bits per heavy atom. The third kappa shape index (κ3) is 7.30. The predicted molar refractivity (Wildman–Crippen MR) is 191 cm³/mol. The van der Waals surface area contributed by atoms with Gasteiger partial charge in [-0.05, 0) is 55.1 Å². The number of benzene rings is 2. The molecule has 4 aromatic rings. The van der Waals surface area contributed by atoms with Crippen LogP contribution in [-0.2, 0) is 15.7 Å². The first-order valence-electron chi connectivity index (χ1n) is 16.6. The number of hydrogen-bond donors (Lipinski definition) is 5. The maximum Gasteiger partial charge on any atom is 0.191 e. The topological polar surface area (TPSA) is 181 Å². The van der Waals surface area contributed by atoms with Crippen LogP contribution < -0.4 is 15.8 Å². The van der Waals surface area contributed by atoms with E-state index < -0.39 is 39.0 Å². The van der Waals surface area contributed by atoms with Gasteiger partial charge in [0, 0.05) is 18.7 Å². The van der Waals surface area contributed by atoms with E-state index in [-0.39, 0.29) is 39.8 Å². The molecule has 0 radical (unpaired) electrons. The molecule has 5 rings (SSSR count). The Labute approximate surface area is 288 Å². The van der Waals surface area contributed by atoms with Crippen molar-refractivity contribution in [3.05, 3.63) is 66.0 Å². The van der Waals surface area contributed by atoms with Gasteiger partial charge in [0.15, 0.2) is 20.2 Å². The minimum absolute atomic E-state index is 0.0814. The van der Waals surface area contributed by atoms with Crippen molar-refractivity contribution >= 4 is 31.0 Å². The molecule has 0 saturated carbocycles. The molecule has 1 aliphatic heterocycles. The monoisotopic (exact) mass is 688 g/mol. The largest absolute Gasteiger partial charge is 0.493 e. The first kappa shape index (κ1) is 36.3. The van der Waals surface area contributed by atoms with Gasteiger partial charge in [-0.15, -0.1) is 0 Å². The van der Waals surface area contributed by atoms with E-state index in [2.05, 4.69) is 55.2 Å². The summed E-state index contributed by atoms with van der Waals surface area (Å²) in [7, 11) is -1.81. The van der Waals surface area contributed by atoms with Crippen LogP contribution in [0.5, 0.6) is 5.75 Å². The van der Waals surface area contributed by atoms with Crippen LogP contribution >= 0.6 is 0 Å². The molecule has 262 valence electrons. The van der Waals surface area contributed by atoms with Gasteiger partial charge in [0.05, 0.1) is 18.6 Å². The molecule has 0 bridgehead atoms. The molecule has 0 spiro atoms. The summed E-state index contributed by atoms with van der Waals surface area (Å²) in [5.74, 6) is 1.08. The second-order valence-corrected chi connectivity index (χ2v) is 19.1. The first-order chi connectivity index (χ1) is 23.2. The van der Waals surface area contributed by atoms with Gasteiger partial charge in [-0.3, -0.25) is 4.57 Å². The van der Waals surface area contributed by atoms with Crippen LogP contribution in [0.3, 0.4) is 0 Å². The van der Waals surface area contributed by atoms with Gasteiger partial charge in [0.1, 0.15) is 53.2 Å². The van der Waals surface area contributed by atoms with E-state index >= 15 is 0 Å². The zero-order valence-corrected chi connectivity index (χ0v) is 30.1. The van der Waals surface area contributed by atoms with Crippen LogP contribution in [0.4, 0.5) is 11.6 Å². The van der Waals surface area contributed by atoms with Gasteiger partial charge >= 0.3 is 0 Å². The smallest absolute Gasteiger partial charge is 0.191 e. The van der Waals surface area contributed by atoms with E-state index in [9.17, 15) is 20.6 Å². The molecule has 3 heterocycles. The van der Waals surface area contributed by atoms with Gasteiger partial charge < -0.3 is 40.3 Å². The summed E-state index contributed by atoms with van der Waals surface area (Å²) >= 11 is 0. The maximum absolute atomic E-state index is 11.4. The average Bonchev–Trinajstić information content (AvgIpc) is 3.50. The van der Waals surface area contributed by atoms with Crippen molar-refractivity contribution in [3.8, 4) is 22.9 Å². The third-order valence-corrected chi connectivity index (χ3v) is 14.3. The van der Waals surface area contributed by atoms with Crippen LogP contribution in [0.25, 0.3) is 22.2 Å². The standard InChI is InChI=1S/C36H48N6O6Si/c1-35(2,3)49(5,6)47-17-11-10-16-46-27-18-23(14-15-25(27)24-12-8-7-9-13-24)20-39-32-26(19-37)29-31(38)40-22-41-33(29)42(32)34-36(4,45)30(44)28(21-43)48-34/h7-9,12-15,18,22,28,30,34,39,43-45H,10-11,16-17,20-21H2,1-6H3,(H2,38,40,41)/t28-,30-,34-,36+/m1/s1. The van der Waals surface area contributed by atoms with Crippen LogP contribution in [0.1, 0.15) is 57.9 Å². The van der Waals surface area contributed by atoms with Crippen molar-refractivity contribution in [1.82, 2.24) is 14.5 Å². The lowest BCUT2D eigenvalue weighted by atomic mass is 9.96. The number of ether oxygens (including phenoxy) is 2. The number of aliphatic hydroxyl groups excluding tert-OH is 2. The van der Waals surface area contributed by atoms with Crippen molar-refractivity contribution in [2.45, 2.75) is 89.3 Å². The highest BCUT2D eigenvalue weighted by Gasteiger charge is 2.54. The number of aliphatic hydroxyl groups is 3. The highest BCUT2D eigenvalue weighted by molar-refractivity contribution is 6.74. The number of nitrogens with zero attached hydrogens (tertiary/aromatic N) is 4. The number of rotatable bonds is 13. The first-order valence-corrected chi connectivity index (χ1v) is 19.5. The number of hydrogen-bond acceptors (Lipinski definition) is 11. The molecule has 12 nitrogen and oxygen atoms in total. The lowest BCUT2D eigenvalue weighted by Crippen LogP contribution is -2.44. The fourth-order valence-corrected chi connectivity index (χ4v) is 6.89. The maximum atomic E-state index is 11.4. The molecule has 6 N–H and O–H groups in total. The number of nitrogens with one attached hydrogen (secondary N) is 1. The van der Waals surface area contributed by atoms with E-state index in [4.69, 9.17) is 19.6 Å².